The molecule has 1 aliphatic heterocycles. The topological polar surface area (TPSA) is 27.7 Å². The van der Waals surface area contributed by atoms with Gasteiger partial charge in [0, 0.05) is 5.92 Å². The zero-order chi connectivity index (χ0) is 18.4. The molecule has 0 saturated carbocycles. The third-order valence-corrected chi connectivity index (χ3v) is 4.57. The summed E-state index contributed by atoms with van der Waals surface area (Å²) in [4.78, 5) is 0. The van der Waals surface area contributed by atoms with Gasteiger partial charge in [0.1, 0.15) is 5.75 Å². The fourth-order valence-electron chi connectivity index (χ4n) is 3.05. The zero-order valence-corrected chi connectivity index (χ0v) is 15.1. The van der Waals surface area contributed by atoms with Gasteiger partial charge in [-0.3, -0.25) is 0 Å². The van der Waals surface area contributed by atoms with Crippen molar-refractivity contribution < 1.29 is 18.6 Å². The summed E-state index contributed by atoms with van der Waals surface area (Å²) in [5.41, 5.74) is 1.75. The van der Waals surface area contributed by atoms with E-state index in [4.69, 9.17) is 14.2 Å². The highest BCUT2D eigenvalue weighted by atomic mass is 19.1. The van der Waals surface area contributed by atoms with Crippen molar-refractivity contribution >= 4 is 0 Å². The molecule has 138 valence electrons. The lowest BCUT2D eigenvalue weighted by Crippen LogP contribution is -2.28. The normalized spacial score (nSPS) is 19.8. The molecule has 0 aromatic heterocycles. The minimum absolute atomic E-state index is 0.181. The van der Waals surface area contributed by atoms with E-state index in [-0.39, 0.29) is 17.7 Å². The van der Waals surface area contributed by atoms with E-state index in [0.29, 0.717) is 25.7 Å². The number of rotatable bonds is 7. The van der Waals surface area contributed by atoms with E-state index in [0.717, 1.165) is 29.7 Å². The lowest BCUT2D eigenvalue weighted by Gasteiger charge is -2.27. The van der Waals surface area contributed by atoms with Gasteiger partial charge < -0.3 is 14.2 Å². The molecule has 0 spiro atoms. The number of hydrogen-bond donors (Lipinski definition) is 0. The van der Waals surface area contributed by atoms with Crippen LogP contribution in [0.2, 0.25) is 0 Å². The molecule has 3 rings (SSSR count). The van der Waals surface area contributed by atoms with E-state index >= 15 is 0 Å². The summed E-state index contributed by atoms with van der Waals surface area (Å²) in [6, 6.07) is 12.7. The van der Waals surface area contributed by atoms with Crippen LogP contribution in [-0.4, -0.2) is 25.9 Å². The second-order valence-electron chi connectivity index (χ2n) is 6.46. The summed E-state index contributed by atoms with van der Waals surface area (Å²) in [5, 5.41) is 0. The highest BCUT2D eigenvalue weighted by Gasteiger charge is 2.20. The second-order valence-corrected chi connectivity index (χ2v) is 6.46. The Balaban J connectivity index is 1.57. The Bertz CT molecular complexity index is 719. The molecule has 0 N–H and O–H groups in total. The Morgan fingerprint density at radius 2 is 1.88 bits per heavy atom. The van der Waals surface area contributed by atoms with E-state index in [1.54, 1.807) is 6.07 Å². The molecule has 2 atom stereocenters. The van der Waals surface area contributed by atoms with Crippen molar-refractivity contribution in [1.82, 2.24) is 0 Å². The molecule has 0 amide bonds. The maximum atomic E-state index is 14.0. The summed E-state index contributed by atoms with van der Waals surface area (Å²) in [6.07, 6.45) is 4.12. The van der Waals surface area contributed by atoms with Gasteiger partial charge in [-0.25, -0.2) is 4.39 Å². The molecule has 2 aromatic rings. The summed E-state index contributed by atoms with van der Waals surface area (Å²) in [7, 11) is 0. The van der Waals surface area contributed by atoms with Gasteiger partial charge in [0.25, 0.3) is 0 Å². The molecule has 26 heavy (non-hydrogen) atoms. The van der Waals surface area contributed by atoms with Crippen molar-refractivity contribution in [3.63, 3.8) is 0 Å². The summed E-state index contributed by atoms with van der Waals surface area (Å²) in [5.74, 6) is 1.15. The monoisotopic (exact) mass is 356 g/mol. The van der Waals surface area contributed by atoms with Gasteiger partial charge in [0.15, 0.2) is 11.6 Å². The average molecular weight is 356 g/mol. The van der Waals surface area contributed by atoms with Gasteiger partial charge in [-0.15, -0.1) is 6.58 Å². The largest absolute Gasteiger partial charge is 0.493 e. The van der Waals surface area contributed by atoms with Gasteiger partial charge >= 0.3 is 0 Å². The van der Waals surface area contributed by atoms with Crippen LogP contribution in [0.4, 0.5) is 4.39 Å². The molecule has 3 nitrogen and oxygen atoms in total. The Kier molecular flexibility index (Phi) is 6.29. The fraction of sp³-hybridized carbons (Fsp3) is 0.364. The minimum atomic E-state index is -0.347. The molecule has 1 saturated heterocycles. The molecule has 1 heterocycles. The van der Waals surface area contributed by atoms with Gasteiger partial charge in [-0.2, -0.15) is 0 Å². The number of hydrogen-bond acceptors (Lipinski definition) is 3. The molecule has 0 aliphatic carbocycles. The molecule has 2 aromatic carbocycles. The van der Waals surface area contributed by atoms with Gasteiger partial charge in [-0.05, 0) is 55.2 Å². The number of ether oxygens (including phenoxy) is 3. The Hall–Kier alpha value is -2.33. The maximum Gasteiger partial charge on any atom is 0.165 e. The predicted octanol–water partition coefficient (Wildman–Crippen LogP) is 5.25. The standard InChI is InChI=1S/C22H25FO3/c1-3-19-9-5-16(14-25-19)15-26-20-10-6-17(7-11-20)18-8-12-22(24-4-2)21(23)13-18/h3,6-8,10-13,16,19H,1,4-5,9,14-15H2,2H3. The summed E-state index contributed by atoms with van der Waals surface area (Å²) < 4.78 is 30.8. The first kappa shape index (κ1) is 18.5. The van der Waals surface area contributed by atoms with Crippen molar-refractivity contribution in [2.24, 2.45) is 5.92 Å². The van der Waals surface area contributed by atoms with E-state index in [9.17, 15) is 4.39 Å². The molecule has 2 unspecified atom stereocenters. The van der Waals surface area contributed by atoms with Crippen LogP contribution in [-0.2, 0) is 4.74 Å². The van der Waals surface area contributed by atoms with Crippen LogP contribution in [0, 0.1) is 11.7 Å². The third-order valence-electron chi connectivity index (χ3n) is 4.57. The predicted molar refractivity (Wildman–Crippen MR) is 101 cm³/mol. The van der Waals surface area contributed by atoms with Crippen LogP contribution in [0.3, 0.4) is 0 Å². The van der Waals surface area contributed by atoms with Gasteiger partial charge in [0.05, 0.1) is 25.9 Å². The van der Waals surface area contributed by atoms with Crippen molar-refractivity contribution in [3.05, 3.63) is 60.9 Å². The van der Waals surface area contributed by atoms with Gasteiger partial charge in [0.2, 0.25) is 0 Å². The number of benzene rings is 2. The van der Waals surface area contributed by atoms with Crippen molar-refractivity contribution in [2.45, 2.75) is 25.9 Å². The minimum Gasteiger partial charge on any atom is -0.493 e. The van der Waals surface area contributed by atoms with E-state index in [2.05, 4.69) is 6.58 Å². The first-order valence-corrected chi connectivity index (χ1v) is 9.09. The fourth-order valence-corrected chi connectivity index (χ4v) is 3.05. The summed E-state index contributed by atoms with van der Waals surface area (Å²) in [6.45, 7) is 7.40. The third kappa shape index (κ3) is 4.64. The Morgan fingerprint density at radius 1 is 1.12 bits per heavy atom. The van der Waals surface area contributed by atoms with Crippen molar-refractivity contribution in [1.29, 1.82) is 0 Å². The van der Waals surface area contributed by atoms with Crippen molar-refractivity contribution in [2.75, 3.05) is 19.8 Å². The lowest BCUT2D eigenvalue weighted by atomic mass is 9.99. The molecule has 0 radical (unpaired) electrons. The van der Waals surface area contributed by atoms with Crippen LogP contribution in [0.25, 0.3) is 11.1 Å². The highest BCUT2D eigenvalue weighted by Crippen LogP contribution is 2.28. The zero-order valence-electron chi connectivity index (χ0n) is 15.1. The van der Waals surface area contributed by atoms with E-state index in [1.165, 1.54) is 6.07 Å². The molecule has 1 aliphatic rings. The second kappa shape index (κ2) is 8.86. The molecule has 4 heteroatoms. The van der Waals surface area contributed by atoms with Gasteiger partial charge in [-0.1, -0.05) is 24.3 Å². The Labute approximate surface area is 154 Å². The van der Waals surface area contributed by atoms with E-state index in [1.807, 2.05) is 43.3 Å². The van der Waals surface area contributed by atoms with Crippen LogP contribution in [0.5, 0.6) is 11.5 Å². The SMILES string of the molecule is C=CC1CCC(COc2ccc(-c3ccc(OCC)c(F)c3)cc2)CO1. The molecular formula is C22H25FO3. The van der Waals surface area contributed by atoms with Crippen LogP contribution in [0.15, 0.2) is 55.1 Å². The van der Waals surface area contributed by atoms with E-state index < -0.39 is 0 Å². The maximum absolute atomic E-state index is 14.0. The first-order valence-electron chi connectivity index (χ1n) is 9.09. The highest BCUT2D eigenvalue weighted by molar-refractivity contribution is 5.65. The quantitative estimate of drug-likeness (QED) is 0.634. The lowest BCUT2D eigenvalue weighted by molar-refractivity contribution is -0.00283. The average Bonchev–Trinajstić information content (AvgIpc) is 2.69. The first-order chi connectivity index (χ1) is 12.7. The van der Waals surface area contributed by atoms with Crippen LogP contribution in [0.1, 0.15) is 19.8 Å². The Morgan fingerprint density at radius 3 is 2.50 bits per heavy atom. The van der Waals surface area contributed by atoms with Crippen LogP contribution < -0.4 is 9.47 Å². The molecule has 1 fully saturated rings. The smallest absolute Gasteiger partial charge is 0.165 e. The van der Waals surface area contributed by atoms with Crippen LogP contribution >= 0.6 is 0 Å². The number of halogens is 1. The molecule has 0 bridgehead atoms. The molecular weight excluding hydrogens is 331 g/mol. The summed E-state index contributed by atoms with van der Waals surface area (Å²) >= 11 is 0. The van der Waals surface area contributed by atoms with Crippen molar-refractivity contribution in [3.8, 4) is 22.6 Å².